The van der Waals surface area contributed by atoms with Gasteiger partial charge < -0.3 is 4.42 Å². The number of fused-ring (bicyclic) bond motifs is 3. The molecule has 0 saturated carbocycles. The Bertz CT molecular complexity index is 2180. The van der Waals surface area contributed by atoms with Gasteiger partial charge in [0.1, 0.15) is 11.2 Å². The van der Waals surface area contributed by atoms with Crippen LogP contribution in [0.15, 0.2) is 156 Å². The van der Waals surface area contributed by atoms with Crippen LogP contribution in [0.4, 0.5) is 0 Å². The van der Waals surface area contributed by atoms with Crippen molar-refractivity contribution in [2.45, 2.75) is 0 Å². The highest BCUT2D eigenvalue weighted by molar-refractivity contribution is 6.05. The Hall–Kier alpha value is -5.87. The van der Waals surface area contributed by atoms with Crippen LogP contribution in [0.3, 0.4) is 0 Å². The van der Waals surface area contributed by atoms with Crippen molar-refractivity contribution in [3.05, 3.63) is 152 Å². The van der Waals surface area contributed by atoms with Gasteiger partial charge in [-0.2, -0.15) is 0 Å². The number of nitrogens with zero attached hydrogens (tertiary/aromatic N) is 3. The van der Waals surface area contributed by atoms with Crippen LogP contribution in [0.5, 0.6) is 0 Å². The maximum absolute atomic E-state index is 6.16. The Labute approximate surface area is 249 Å². The summed E-state index contributed by atoms with van der Waals surface area (Å²) in [6.45, 7) is 0. The van der Waals surface area contributed by atoms with E-state index in [1.165, 1.54) is 0 Å². The molecule has 0 spiro atoms. The zero-order chi connectivity index (χ0) is 28.6. The number of para-hydroxylation sites is 1. The normalized spacial score (nSPS) is 11.3. The number of rotatable bonds is 5. The quantitative estimate of drug-likeness (QED) is 0.214. The maximum atomic E-state index is 6.16. The average molecular weight is 552 g/mol. The molecule has 4 heterocycles. The van der Waals surface area contributed by atoms with Gasteiger partial charge in [0, 0.05) is 23.2 Å². The summed E-state index contributed by atoms with van der Waals surface area (Å²) in [7, 11) is 0. The van der Waals surface area contributed by atoms with Crippen molar-refractivity contribution in [2.75, 3.05) is 0 Å². The van der Waals surface area contributed by atoms with Crippen molar-refractivity contribution in [3.8, 4) is 56.2 Å². The lowest BCUT2D eigenvalue weighted by atomic mass is 9.95. The van der Waals surface area contributed by atoms with Crippen molar-refractivity contribution < 1.29 is 4.42 Å². The zero-order valence-electron chi connectivity index (χ0n) is 23.2. The number of pyridine rings is 3. The highest BCUT2D eigenvalue weighted by Gasteiger charge is 2.12. The Morgan fingerprint density at radius 3 is 1.49 bits per heavy atom. The highest BCUT2D eigenvalue weighted by atomic mass is 16.3. The second kappa shape index (κ2) is 10.5. The third-order valence-corrected chi connectivity index (χ3v) is 7.78. The molecule has 0 bridgehead atoms. The molecule has 43 heavy (non-hydrogen) atoms. The van der Waals surface area contributed by atoms with Crippen LogP contribution in [-0.4, -0.2) is 15.0 Å². The summed E-state index contributed by atoms with van der Waals surface area (Å²) < 4.78 is 6.16. The fourth-order valence-electron chi connectivity index (χ4n) is 5.65. The molecule has 0 saturated heterocycles. The molecule has 0 aliphatic heterocycles. The molecule has 0 amide bonds. The Balaban J connectivity index is 1.19. The van der Waals surface area contributed by atoms with Gasteiger partial charge in [-0.1, -0.05) is 72.8 Å². The maximum Gasteiger partial charge on any atom is 0.136 e. The van der Waals surface area contributed by atoms with Gasteiger partial charge >= 0.3 is 0 Å². The lowest BCUT2D eigenvalue weighted by Gasteiger charge is -2.11. The van der Waals surface area contributed by atoms with E-state index in [4.69, 9.17) is 9.40 Å². The first-order valence-electron chi connectivity index (χ1n) is 14.3. The van der Waals surface area contributed by atoms with E-state index in [9.17, 15) is 0 Å². The van der Waals surface area contributed by atoms with Crippen molar-refractivity contribution in [2.24, 2.45) is 0 Å². The molecule has 0 fully saturated rings. The predicted molar refractivity (Wildman–Crippen MR) is 174 cm³/mol. The van der Waals surface area contributed by atoms with E-state index >= 15 is 0 Å². The smallest absolute Gasteiger partial charge is 0.136 e. The molecule has 0 unspecified atom stereocenters. The summed E-state index contributed by atoms with van der Waals surface area (Å²) in [5.41, 5.74) is 11.8. The minimum absolute atomic E-state index is 0.812. The lowest BCUT2D eigenvalue weighted by Crippen LogP contribution is -1.94. The van der Waals surface area contributed by atoms with E-state index in [1.54, 1.807) is 12.4 Å². The first-order valence-corrected chi connectivity index (χ1v) is 14.3. The summed E-state index contributed by atoms with van der Waals surface area (Å²) in [6, 6.07) is 47.9. The molecular weight excluding hydrogens is 526 g/mol. The first-order chi connectivity index (χ1) is 21.3. The predicted octanol–water partition coefficient (Wildman–Crippen LogP) is 10.1. The average Bonchev–Trinajstić information content (AvgIpc) is 3.47. The van der Waals surface area contributed by atoms with Crippen LogP contribution < -0.4 is 0 Å². The number of furan rings is 1. The number of aromatic nitrogens is 3. The molecule has 4 aromatic heterocycles. The second-order valence-electron chi connectivity index (χ2n) is 10.5. The van der Waals surface area contributed by atoms with Gasteiger partial charge in [0.2, 0.25) is 0 Å². The summed E-state index contributed by atoms with van der Waals surface area (Å²) >= 11 is 0. The van der Waals surface area contributed by atoms with Gasteiger partial charge in [0.15, 0.2) is 0 Å². The molecule has 202 valence electrons. The zero-order valence-corrected chi connectivity index (χ0v) is 23.2. The third kappa shape index (κ3) is 4.75. The van der Waals surface area contributed by atoms with Crippen molar-refractivity contribution in [1.82, 2.24) is 15.0 Å². The lowest BCUT2D eigenvalue weighted by molar-refractivity contribution is 0.669. The van der Waals surface area contributed by atoms with Gasteiger partial charge in [-0.15, -0.1) is 0 Å². The van der Waals surface area contributed by atoms with E-state index < -0.39 is 0 Å². The van der Waals surface area contributed by atoms with Gasteiger partial charge in [0.25, 0.3) is 0 Å². The monoisotopic (exact) mass is 551 g/mol. The molecule has 0 aliphatic carbocycles. The number of hydrogen-bond acceptors (Lipinski definition) is 4. The van der Waals surface area contributed by atoms with E-state index in [1.807, 2.05) is 54.6 Å². The Morgan fingerprint density at radius 2 is 0.884 bits per heavy atom. The van der Waals surface area contributed by atoms with Crippen LogP contribution in [0.1, 0.15) is 0 Å². The number of benzene rings is 4. The van der Waals surface area contributed by atoms with Crippen LogP contribution in [0, 0.1) is 0 Å². The largest absolute Gasteiger partial charge is 0.456 e. The molecule has 8 aromatic rings. The topological polar surface area (TPSA) is 51.8 Å². The SMILES string of the molecule is c1ccc(-c2cc(-c3cccc(-c4cccc(-c5ccc6c(c5)oc5ccccc56)c4)c3)cc(-c3ccccn3)n2)nc1. The molecule has 4 aromatic carbocycles. The second-order valence-corrected chi connectivity index (χ2v) is 10.5. The fourth-order valence-corrected chi connectivity index (χ4v) is 5.65. The van der Waals surface area contributed by atoms with E-state index in [2.05, 4.69) is 94.9 Å². The van der Waals surface area contributed by atoms with Gasteiger partial charge in [-0.05, 0) is 100 Å². The van der Waals surface area contributed by atoms with Crippen LogP contribution >= 0.6 is 0 Å². The summed E-state index contributed by atoms with van der Waals surface area (Å²) in [5, 5.41) is 2.28. The molecular formula is C39H25N3O. The Kier molecular flexibility index (Phi) is 6.08. The molecule has 4 heteroatoms. The van der Waals surface area contributed by atoms with Gasteiger partial charge in [-0.3, -0.25) is 9.97 Å². The van der Waals surface area contributed by atoms with E-state index in [0.29, 0.717) is 0 Å². The fraction of sp³-hybridized carbons (Fsp3) is 0. The standard InChI is InChI=1S/C39H25N3O/c1-2-16-38-32(13-1)33-18-17-30(25-39(33)43-38)28-11-7-9-26(21-28)27-10-8-12-29(22-27)31-23-36(34-14-3-5-19-40-34)42-37(24-31)35-15-4-6-20-41-35/h1-25H. The first kappa shape index (κ1) is 24.9. The van der Waals surface area contributed by atoms with Crippen molar-refractivity contribution in [1.29, 1.82) is 0 Å². The summed E-state index contributed by atoms with van der Waals surface area (Å²) in [4.78, 5) is 14.1. The van der Waals surface area contributed by atoms with Crippen molar-refractivity contribution in [3.63, 3.8) is 0 Å². The van der Waals surface area contributed by atoms with Gasteiger partial charge in [0.05, 0.1) is 22.8 Å². The van der Waals surface area contributed by atoms with Crippen molar-refractivity contribution >= 4 is 21.9 Å². The number of hydrogen-bond donors (Lipinski definition) is 0. The molecule has 0 atom stereocenters. The van der Waals surface area contributed by atoms with Crippen LogP contribution in [0.2, 0.25) is 0 Å². The highest BCUT2D eigenvalue weighted by Crippen LogP contribution is 2.35. The molecule has 8 rings (SSSR count). The molecule has 0 aliphatic rings. The Morgan fingerprint density at radius 1 is 0.349 bits per heavy atom. The third-order valence-electron chi connectivity index (χ3n) is 7.78. The van der Waals surface area contributed by atoms with Gasteiger partial charge in [-0.25, -0.2) is 4.98 Å². The minimum Gasteiger partial charge on any atom is -0.456 e. The van der Waals surface area contributed by atoms with E-state index in [0.717, 1.165) is 78.1 Å². The molecule has 0 N–H and O–H groups in total. The summed E-state index contributed by atoms with van der Waals surface area (Å²) in [5.74, 6) is 0. The summed E-state index contributed by atoms with van der Waals surface area (Å²) in [6.07, 6.45) is 3.59. The van der Waals surface area contributed by atoms with Crippen LogP contribution in [0.25, 0.3) is 78.1 Å². The minimum atomic E-state index is 0.812. The van der Waals surface area contributed by atoms with E-state index in [-0.39, 0.29) is 0 Å². The molecule has 0 radical (unpaired) electrons. The van der Waals surface area contributed by atoms with Crippen LogP contribution in [-0.2, 0) is 0 Å². The molecule has 4 nitrogen and oxygen atoms in total.